The highest BCUT2D eigenvalue weighted by atomic mass is 15.0. The van der Waals surface area contributed by atoms with Crippen molar-refractivity contribution in [2.75, 3.05) is 0 Å². The van der Waals surface area contributed by atoms with E-state index in [1.54, 1.807) is 6.08 Å². The molecule has 0 unspecified atom stereocenters. The van der Waals surface area contributed by atoms with Crippen molar-refractivity contribution in [3.05, 3.63) is 200 Å². The average Bonchev–Trinajstić information content (AvgIpc) is 3.61. The third-order valence-electron chi connectivity index (χ3n) is 10.8. The zero-order valence-electron chi connectivity index (χ0n) is 30.9. The maximum absolute atomic E-state index is 5.19. The van der Waals surface area contributed by atoms with Gasteiger partial charge in [-0.05, 0) is 80.7 Å². The van der Waals surface area contributed by atoms with Crippen LogP contribution in [0, 0.1) is 0 Å². The number of allylic oxidation sites excluding steroid dienone is 5. The van der Waals surface area contributed by atoms with Crippen molar-refractivity contribution < 1.29 is 0 Å². The topological polar surface area (TPSA) is 43.6 Å². The number of nitrogens with zero attached hydrogens (tertiary/aromatic N) is 4. The zero-order chi connectivity index (χ0) is 37.6. The summed E-state index contributed by atoms with van der Waals surface area (Å²) in [5, 5.41) is 9.71. The van der Waals surface area contributed by atoms with E-state index < -0.39 is 0 Å². The van der Waals surface area contributed by atoms with Crippen LogP contribution in [-0.4, -0.2) is 19.5 Å². The minimum atomic E-state index is 0.605. The first-order valence-corrected chi connectivity index (χ1v) is 18.9. The quantitative estimate of drug-likeness (QED) is 0.122. The minimum Gasteiger partial charge on any atom is -0.309 e. The molecule has 10 aromatic rings. The van der Waals surface area contributed by atoms with Crippen molar-refractivity contribution in [3.63, 3.8) is 0 Å². The van der Waals surface area contributed by atoms with Gasteiger partial charge in [0, 0.05) is 33.2 Å². The maximum atomic E-state index is 5.19. The van der Waals surface area contributed by atoms with Gasteiger partial charge in [0.2, 0.25) is 0 Å². The summed E-state index contributed by atoms with van der Waals surface area (Å²) >= 11 is 0. The highest BCUT2D eigenvalue weighted by molar-refractivity contribution is 6.26. The Morgan fingerprint density at radius 1 is 0.500 bits per heavy atom. The molecule has 56 heavy (non-hydrogen) atoms. The summed E-state index contributed by atoms with van der Waals surface area (Å²) in [6, 6.07) is 58.4. The predicted molar refractivity (Wildman–Crippen MR) is 236 cm³/mol. The van der Waals surface area contributed by atoms with E-state index in [1.165, 1.54) is 32.3 Å². The lowest BCUT2D eigenvalue weighted by molar-refractivity contribution is 1.04. The van der Waals surface area contributed by atoms with Gasteiger partial charge < -0.3 is 4.57 Å². The number of hydrogen-bond acceptors (Lipinski definition) is 3. The third kappa shape index (κ3) is 5.50. The number of hydrogen-bond donors (Lipinski definition) is 0. The highest BCUT2D eigenvalue weighted by Gasteiger charge is 2.21. The Kier molecular flexibility index (Phi) is 8.15. The van der Waals surface area contributed by atoms with Crippen LogP contribution in [0.3, 0.4) is 0 Å². The lowest BCUT2D eigenvalue weighted by Crippen LogP contribution is -2.02. The van der Waals surface area contributed by atoms with Crippen molar-refractivity contribution in [2.45, 2.75) is 6.92 Å². The summed E-state index contributed by atoms with van der Waals surface area (Å²) in [6.07, 6.45) is 7.70. The van der Waals surface area contributed by atoms with Crippen molar-refractivity contribution in [1.29, 1.82) is 0 Å². The molecular weight excluding hydrogens is 681 g/mol. The maximum Gasteiger partial charge on any atom is 0.164 e. The first kappa shape index (κ1) is 33.2. The Morgan fingerprint density at radius 2 is 1.12 bits per heavy atom. The van der Waals surface area contributed by atoms with Crippen LogP contribution in [0.1, 0.15) is 12.7 Å². The van der Waals surface area contributed by atoms with Crippen LogP contribution < -0.4 is 0 Å². The Balaban J connectivity index is 1.29. The SMILES string of the molecule is C=C/C=C\C(=C/C)c1nc(-c2ccccc2)nc(-c2cccc3c2c2cc(-c4ccccc4)ccc2n3-c2ccc3c4ccccc4c4ccccc4c3c2)n1. The second-order valence-electron chi connectivity index (χ2n) is 14.0. The smallest absolute Gasteiger partial charge is 0.164 e. The number of aromatic nitrogens is 4. The molecular formula is C52H36N4. The van der Waals surface area contributed by atoms with Gasteiger partial charge in [0.1, 0.15) is 0 Å². The molecule has 0 N–H and O–H groups in total. The number of rotatable bonds is 7. The molecule has 0 aliphatic rings. The molecule has 0 saturated heterocycles. The zero-order valence-corrected chi connectivity index (χ0v) is 30.9. The number of fused-ring (bicyclic) bond motifs is 9. The van der Waals surface area contributed by atoms with E-state index in [1.807, 2.05) is 55.5 Å². The van der Waals surface area contributed by atoms with Crippen molar-refractivity contribution in [3.8, 4) is 39.6 Å². The first-order valence-electron chi connectivity index (χ1n) is 18.9. The molecule has 0 fully saturated rings. The fraction of sp³-hybridized carbons (Fsp3) is 0.0192. The van der Waals surface area contributed by atoms with Gasteiger partial charge in [0.05, 0.1) is 11.0 Å². The van der Waals surface area contributed by atoms with Gasteiger partial charge in [-0.2, -0.15) is 0 Å². The van der Waals surface area contributed by atoms with Gasteiger partial charge in [0.15, 0.2) is 17.5 Å². The van der Waals surface area contributed by atoms with E-state index in [2.05, 4.69) is 145 Å². The van der Waals surface area contributed by atoms with Crippen molar-refractivity contribution in [2.24, 2.45) is 0 Å². The van der Waals surface area contributed by atoms with Gasteiger partial charge in [-0.25, -0.2) is 15.0 Å². The summed E-state index contributed by atoms with van der Waals surface area (Å²) in [5.74, 6) is 1.84. The molecule has 4 heteroatoms. The highest BCUT2D eigenvalue weighted by Crippen LogP contribution is 2.42. The van der Waals surface area contributed by atoms with Gasteiger partial charge in [-0.3, -0.25) is 0 Å². The molecule has 0 saturated carbocycles. The number of benzene rings is 8. The standard InChI is InChI=1S/C52H36N4/c1-3-5-17-34(4-2)50-53-51(36-20-10-7-11-21-36)55-52(54-50)44-26-16-27-48-49(44)46-32-37(35-18-8-6-9-19-35)28-31-47(46)56(48)38-29-30-43-41-24-13-12-22-39(41)40-23-14-15-25-42(40)45(43)33-38/h3-33H,1H2,2H3/b17-5-,34-4+. The van der Waals surface area contributed by atoms with Crippen molar-refractivity contribution >= 4 is 59.7 Å². The molecule has 0 aliphatic carbocycles. The van der Waals surface area contributed by atoms with Crippen LogP contribution in [0.15, 0.2) is 195 Å². The summed E-state index contributed by atoms with van der Waals surface area (Å²) in [5.41, 5.74) is 8.35. The van der Waals surface area contributed by atoms with Crippen LogP contribution in [0.5, 0.6) is 0 Å². The molecule has 0 amide bonds. The molecule has 2 heterocycles. The Bertz CT molecular complexity index is 3170. The van der Waals surface area contributed by atoms with Gasteiger partial charge in [0.25, 0.3) is 0 Å². The average molecular weight is 717 g/mol. The van der Waals surface area contributed by atoms with E-state index in [0.29, 0.717) is 17.5 Å². The fourth-order valence-corrected chi connectivity index (χ4v) is 8.19. The summed E-state index contributed by atoms with van der Waals surface area (Å²) < 4.78 is 2.40. The second kappa shape index (κ2) is 13.8. The predicted octanol–water partition coefficient (Wildman–Crippen LogP) is 13.6. The monoisotopic (exact) mass is 716 g/mol. The largest absolute Gasteiger partial charge is 0.309 e. The minimum absolute atomic E-state index is 0.605. The molecule has 0 aliphatic heterocycles. The Labute approximate surface area is 325 Å². The van der Waals surface area contributed by atoms with E-state index >= 15 is 0 Å². The molecule has 0 atom stereocenters. The fourth-order valence-electron chi connectivity index (χ4n) is 8.19. The third-order valence-corrected chi connectivity index (χ3v) is 10.8. The normalized spacial score (nSPS) is 12.1. The van der Waals surface area contributed by atoms with Crippen LogP contribution >= 0.6 is 0 Å². The molecule has 2 aromatic heterocycles. The molecule has 10 rings (SSSR count). The van der Waals surface area contributed by atoms with E-state index in [4.69, 9.17) is 15.0 Å². The van der Waals surface area contributed by atoms with Crippen LogP contribution in [-0.2, 0) is 0 Å². The summed E-state index contributed by atoms with van der Waals surface area (Å²) in [7, 11) is 0. The van der Waals surface area contributed by atoms with Crippen LogP contribution in [0.2, 0.25) is 0 Å². The molecule has 4 nitrogen and oxygen atoms in total. The van der Waals surface area contributed by atoms with Gasteiger partial charge >= 0.3 is 0 Å². The van der Waals surface area contributed by atoms with Gasteiger partial charge in [-0.15, -0.1) is 0 Å². The lowest BCUT2D eigenvalue weighted by atomic mass is 9.94. The summed E-state index contributed by atoms with van der Waals surface area (Å²) in [4.78, 5) is 15.4. The molecule has 0 spiro atoms. The Morgan fingerprint density at radius 3 is 1.80 bits per heavy atom. The summed E-state index contributed by atoms with van der Waals surface area (Å²) in [6.45, 7) is 5.89. The van der Waals surface area contributed by atoms with E-state index in [-0.39, 0.29) is 0 Å². The Hall–Kier alpha value is -7.43. The molecule has 8 aromatic carbocycles. The van der Waals surface area contributed by atoms with Crippen LogP contribution in [0.25, 0.3) is 99.3 Å². The van der Waals surface area contributed by atoms with Crippen molar-refractivity contribution in [1.82, 2.24) is 19.5 Å². The molecule has 0 radical (unpaired) electrons. The first-order chi connectivity index (χ1) is 27.7. The van der Waals surface area contributed by atoms with Gasteiger partial charge in [-0.1, -0.05) is 164 Å². The molecule has 0 bridgehead atoms. The molecule has 264 valence electrons. The van der Waals surface area contributed by atoms with Crippen LogP contribution in [0.4, 0.5) is 0 Å². The van der Waals surface area contributed by atoms with E-state index in [9.17, 15) is 0 Å². The van der Waals surface area contributed by atoms with E-state index in [0.717, 1.165) is 55.3 Å². The lowest BCUT2D eigenvalue weighted by Gasteiger charge is -2.14. The second-order valence-corrected chi connectivity index (χ2v) is 14.0.